The molecule has 0 spiro atoms. The minimum absolute atomic E-state index is 0.0261. The van der Waals surface area contributed by atoms with E-state index in [1.165, 1.54) is 4.57 Å². The fourth-order valence-corrected chi connectivity index (χ4v) is 13.9. The summed E-state index contributed by atoms with van der Waals surface area (Å²) in [4.78, 5) is 81.6. The molecule has 2 aliphatic carbocycles. The maximum Gasteiger partial charge on any atom is 0.481 e. The highest BCUT2D eigenvalue weighted by molar-refractivity contribution is 7.61. The molecule has 2 aliphatic heterocycles. The number of amides is 2. The van der Waals surface area contributed by atoms with Crippen LogP contribution in [0.5, 0.6) is 0 Å². The van der Waals surface area contributed by atoms with Crippen molar-refractivity contribution in [3.63, 3.8) is 0 Å². The molecule has 3 unspecified atom stereocenters. The smallest absolute Gasteiger partial charge is 0.449 e. The molecule has 2 saturated heterocycles. The van der Waals surface area contributed by atoms with Gasteiger partial charge in [0.25, 0.3) is 5.56 Å². The number of anilines is 1. The molecular weight excluding hydrogens is 1110 g/mol. The molecule has 4 aliphatic rings. The summed E-state index contributed by atoms with van der Waals surface area (Å²) < 4.78 is 63.3. The van der Waals surface area contributed by atoms with Crippen molar-refractivity contribution in [3.8, 4) is 22.3 Å². The number of rotatable bonds is 19. The van der Waals surface area contributed by atoms with Gasteiger partial charge in [-0.2, -0.15) is 4.31 Å². The molecule has 5 atom stereocenters. The average Bonchev–Trinajstić information content (AvgIpc) is 3.45. The highest BCUT2D eigenvalue weighted by Gasteiger charge is 2.48. The molecule has 444 valence electrons. The van der Waals surface area contributed by atoms with Crippen molar-refractivity contribution < 1.29 is 56.1 Å². The monoisotopic (exact) mass is 1190 g/mol. The zero-order chi connectivity index (χ0) is 59.1. The molecule has 1 saturated carbocycles. The normalized spacial score (nSPS) is 20.0. The van der Waals surface area contributed by atoms with E-state index in [-0.39, 0.29) is 48.9 Å². The Balaban J connectivity index is 0.836. The molecule has 3 fully saturated rings. The Labute approximate surface area is 487 Å². The molecule has 23 heteroatoms. The van der Waals surface area contributed by atoms with Gasteiger partial charge in [-0.25, -0.2) is 28.7 Å². The summed E-state index contributed by atoms with van der Waals surface area (Å²) in [5, 5.41) is 3.70. The Morgan fingerprint density at radius 2 is 1.48 bits per heavy atom. The van der Waals surface area contributed by atoms with Crippen LogP contribution < -0.4 is 15.8 Å². The number of benzene rings is 4. The predicted octanol–water partition coefficient (Wildman–Crippen LogP) is 10.2. The number of alkyl carbamates (subject to hydrolysis) is 1. The number of piperazine rings is 1. The SMILES string of the molecule is C[C@@H]1CN(CC2CCN(c3nc(C(COP(=O)(O)OP(=O)(O)OCCNC(=O)OCC4c5ccccc5-c5ccccc54)(OC4CC4)c4ccccc4)c4cc(-c5cn(C)c(=O)c6[nH]ccc56)ccc4n3)CC2)[C@@H](C)CN1C(=O)OC(C)(C)C. The number of nitrogens with one attached hydrogen (secondary N) is 2. The fourth-order valence-electron chi connectivity index (χ4n) is 11.8. The van der Waals surface area contributed by atoms with Crippen molar-refractivity contribution in [2.75, 3.05) is 64.0 Å². The van der Waals surface area contributed by atoms with Crippen LogP contribution in [0.3, 0.4) is 0 Å². The molecule has 0 radical (unpaired) electrons. The Kier molecular flexibility index (Phi) is 16.8. The van der Waals surface area contributed by atoms with Gasteiger partial charge in [-0.1, -0.05) is 84.9 Å². The molecule has 5 heterocycles. The summed E-state index contributed by atoms with van der Waals surface area (Å²) in [5.41, 5.74) is 4.86. The summed E-state index contributed by atoms with van der Waals surface area (Å²) >= 11 is 0. The lowest BCUT2D eigenvalue weighted by molar-refractivity contribution is -0.0657. The number of carbonyl (C=O) groups is 2. The first kappa shape index (κ1) is 59.0. The lowest BCUT2D eigenvalue weighted by Gasteiger charge is -2.46. The summed E-state index contributed by atoms with van der Waals surface area (Å²) in [6, 6.07) is 32.5. The van der Waals surface area contributed by atoms with E-state index in [0.717, 1.165) is 53.7 Å². The van der Waals surface area contributed by atoms with Crippen LogP contribution in [0.1, 0.15) is 88.6 Å². The molecule has 4 N–H and O–H groups in total. The first-order valence-electron chi connectivity index (χ1n) is 28.6. The van der Waals surface area contributed by atoms with Crippen molar-refractivity contribution in [1.29, 1.82) is 0 Å². The third-order valence-electron chi connectivity index (χ3n) is 16.1. The van der Waals surface area contributed by atoms with Gasteiger partial charge in [-0.3, -0.25) is 18.7 Å². The van der Waals surface area contributed by atoms with Crippen LogP contribution in [-0.2, 0) is 49.3 Å². The number of fused-ring (bicyclic) bond motifs is 5. The quantitative estimate of drug-likeness (QED) is 0.0434. The van der Waals surface area contributed by atoms with Crippen LogP contribution in [0.4, 0.5) is 15.5 Å². The molecule has 7 aromatic rings. The lowest BCUT2D eigenvalue weighted by atomic mass is 9.87. The number of aromatic nitrogens is 4. The van der Waals surface area contributed by atoms with Gasteiger partial charge in [0.2, 0.25) is 5.95 Å². The van der Waals surface area contributed by atoms with E-state index in [4.69, 9.17) is 37.5 Å². The third kappa shape index (κ3) is 12.9. The lowest BCUT2D eigenvalue weighted by Crippen LogP contribution is -2.59. The number of phosphoric ester groups is 2. The van der Waals surface area contributed by atoms with Crippen molar-refractivity contribution >= 4 is 55.6 Å². The van der Waals surface area contributed by atoms with Gasteiger partial charge in [0, 0.05) is 93.0 Å². The third-order valence-corrected chi connectivity index (χ3v) is 18.8. The van der Waals surface area contributed by atoms with Crippen molar-refractivity contribution in [2.45, 2.75) is 95.6 Å². The van der Waals surface area contributed by atoms with Gasteiger partial charge in [0.05, 0.1) is 30.5 Å². The fraction of sp³-hybridized carbons (Fsp3) is 0.426. The van der Waals surface area contributed by atoms with Crippen LogP contribution in [0, 0.1) is 5.92 Å². The number of piperidine rings is 1. The summed E-state index contributed by atoms with van der Waals surface area (Å²) in [5.74, 6) is 0.553. The molecule has 11 rings (SSSR count). The second-order valence-corrected chi connectivity index (χ2v) is 26.5. The zero-order valence-electron chi connectivity index (χ0n) is 48.0. The number of hydrogen-bond acceptors (Lipinski definition) is 15. The maximum atomic E-state index is 14.1. The van der Waals surface area contributed by atoms with E-state index in [1.54, 1.807) is 43.7 Å². The minimum Gasteiger partial charge on any atom is -0.449 e. The second kappa shape index (κ2) is 23.9. The van der Waals surface area contributed by atoms with E-state index in [1.807, 2.05) is 105 Å². The summed E-state index contributed by atoms with van der Waals surface area (Å²) in [6.45, 7) is 11.6. The number of ether oxygens (including phenoxy) is 3. The van der Waals surface area contributed by atoms with E-state index in [2.05, 4.69) is 33.9 Å². The number of aromatic amines is 1. The number of phosphoric acid groups is 2. The van der Waals surface area contributed by atoms with E-state index >= 15 is 0 Å². The molecule has 4 aromatic carbocycles. The average molecular weight is 1190 g/mol. The Bertz CT molecular complexity index is 3690. The Morgan fingerprint density at radius 1 is 0.798 bits per heavy atom. The van der Waals surface area contributed by atoms with Gasteiger partial charge in [0.15, 0.2) is 5.60 Å². The highest BCUT2D eigenvalue weighted by Crippen LogP contribution is 2.61. The maximum absolute atomic E-state index is 14.1. The number of aryl methyl sites for hydroxylation is 1. The van der Waals surface area contributed by atoms with Gasteiger partial charge >= 0.3 is 27.8 Å². The number of pyridine rings is 1. The molecule has 2 amide bonds. The largest absolute Gasteiger partial charge is 0.481 e. The van der Waals surface area contributed by atoms with Gasteiger partial charge in [0.1, 0.15) is 17.7 Å². The number of nitrogens with zero attached hydrogens (tertiary/aromatic N) is 6. The summed E-state index contributed by atoms with van der Waals surface area (Å²) in [6.07, 6.45) is 5.03. The van der Waals surface area contributed by atoms with Crippen LogP contribution in [0.25, 0.3) is 44.1 Å². The van der Waals surface area contributed by atoms with Gasteiger partial charge in [-0.05, 0) is 118 Å². The van der Waals surface area contributed by atoms with Crippen molar-refractivity contribution in [2.24, 2.45) is 13.0 Å². The Hall–Kier alpha value is -6.77. The standard InChI is InChI=1S/C61H72N8O13P2/c1-39-34-69(59(72)81-60(3,4)5)40(2)33-68(39)35-41-25-29-67(30-26-41)57-64-53-23-20-42(51-36-66(6)56(70)54-49(51)24-27-62-54)32-50(53)55(65-57)61(80-44-21-22-44,43-14-8-7-9-15-43)38-79-84(75,76)82-83(73,74)78-31-28-63-58(71)77-37-52-47-18-12-10-16-45(47)46-17-11-13-19-48(46)52/h7-20,23-24,27,32,36,39-41,44,52,62H,21-22,25-26,28-31,33-35,37-38H2,1-6H3,(H,63,71)(H,73,74)(H,75,76)/t39-,40+,61?/m0/s1. The number of hydrogen-bond donors (Lipinski definition) is 4. The number of H-pyrrole nitrogens is 1. The first-order chi connectivity index (χ1) is 40.1. The molecule has 84 heavy (non-hydrogen) atoms. The molecule has 3 aromatic heterocycles. The van der Waals surface area contributed by atoms with Gasteiger partial charge < -0.3 is 48.7 Å². The van der Waals surface area contributed by atoms with Gasteiger partial charge in [-0.15, -0.1) is 0 Å². The van der Waals surface area contributed by atoms with Crippen LogP contribution >= 0.6 is 15.6 Å². The minimum atomic E-state index is -5.50. The van der Waals surface area contributed by atoms with E-state index in [0.29, 0.717) is 83.0 Å². The molecule has 0 bridgehead atoms. The van der Waals surface area contributed by atoms with E-state index in [9.17, 15) is 33.3 Å². The predicted molar refractivity (Wildman–Crippen MR) is 317 cm³/mol. The van der Waals surface area contributed by atoms with E-state index < -0.39 is 46.2 Å². The topological polar surface area (TPSA) is 249 Å². The van der Waals surface area contributed by atoms with Crippen molar-refractivity contribution in [3.05, 3.63) is 148 Å². The first-order valence-corrected chi connectivity index (χ1v) is 31.6. The van der Waals surface area contributed by atoms with Crippen LogP contribution in [0.15, 0.2) is 120 Å². The molecule has 21 nitrogen and oxygen atoms in total. The number of carbonyl (C=O) groups excluding carboxylic acids is 2. The van der Waals surface area contributed by atoms with Crippen LogP contribution in [-0.4, -0.2) is 134 Å². The van der Waals surface area contributed by atoms with Crippen molar-refractivity contribution in [1.82, 2.24) is 34.6 Å². The summed E-state index contributed by atoms with van der Waals surface area (Å²) in [7, 11) is -9.16. The van der Waals surface area contributed by atoms with Crippen LogP contribution in [0.2, 0.25) is 0 Å². The molecular formula is C61H72N8O13P2. The Morgan fingerprint density at radius 3 is 2.17 bits per heavy atom. The zero-order valence-corrected chi connectivity index (χ0v) is 49.8. The highest BCUT2D eigenvalue weighted by atomic mass is 31.3. The second-order valence-electron chi connectivity index (χ2n) is 23.4.